The Hall–Kier alpha value is -3.08. The highest BCUT2D eigenvalue weighted by Gasteiger charge is 2.53. The van der Waals surface area contributed by atoms with E-state index in [0.29, 0.717) is 56.9 Å². The third-order valence-electron chi connectivity index (χ3n) is 14.4. The summed E-state index contributed by atoms with van der Waals surface area (Å²) in [6, 6.07) is -1.12. The van der Waals surface area contributed by atoms with E-state index in [2.05, 4.69) is 13.0 Å². The molecule has 4 rings (SSSR count). The van der Waals surface area contributed by atoms with Crippen LogP contribution in [0.2, 0.25) is 0 Å². The zero-order chi connectivity index (χ0) is 48.0. The number of Topliss-reactive ketones (excluding diaryl/α,β-unsaturated/α-hetero) is 2. The smallest absolute Gasteiger partial charge is 0.329 e. The van der Waals surface area contributed by atoms with Gasteiger partial charge in [-0.25, -0.2) is 4.79 Å². The molecule has 3 aliphatic heterocycles. The first-order valence-electron chi connectivity index (χ1n) is 24.1. The molecule has 0 aromatic heterocycles. The molecule has 2 saturated heterocycles. The van der Waals surface area contributed by atoms with Crippen LogP contribution in [-0.4, -0.2) is 139 Å². The molecular weight excluding hydrogens is 835 g/mol. The zero-order valence-corrected chi connectivity index (χ0v) is 40.8. The Kier molecular flexibility index (Phi) is 21.7. The van der Waals surface area contributed by atoms with Crippen molar-refractivity contribution in [1.82, 2.24) is 4.90 Å². The van der Waals surface area contributed by atoms with E-state index >= 15 is 0 Å². The van der Waals surface area contributed by atoms with Gasteiger partial charge in [-0.3, -0.25) is 14.4 Å². The van der Waals surface area contributed by atoms with Crippen molar-refractivity contribution < 1.29 is 62.9 Å². The van der Waals surface area contributed by atoms with Crippen LogP contribution >= 0.6 is 0 Å². The number of aliphatic hydroxyl groups is 3. The van der Waals surface area contributed by atoms with Crippen molar-refractivity contribution in [1.29, 1.82) is 0 Å². The first kappa shape index (κ1) is 54.5. The van der Waals surface area contributed by atoms with Crippen LogP contribution in [0.15, 0.2) is 47.6 Å². The normalized spacial score (nSPS) is 40.6. The van der Waals surface area contributed by atoms with Crippen molar-refractivity contribution in [2.45, 2.75) is 186 Å². The van der Waals surface area contributed by atoms with E-state index in [1.54, 1.807) is 41.1 Å². The topological polar surface area (TPSA) is 188 Å². The number of aliphatic hydroxyl groups excluding tert-OH is 2. The van der Waals surface area contributed by atoms with E-state index < -0.39 is 71.8 Å². The second kappa shape index (κ2) is 25.9. The van der Waals surface area contributed by atoms with Crippen LogP contribution in [0, 0.1) is 29.6 Å². The van der Waals surface area contributed by atoms with Gasteiger partial charge in [0.2, 0.25) is 5.79 Å². The molecule has 0 spiro atoms. The lowest BCUT2D eigenvalue weighted by Gasteiger charge is -2.42. The SMILES string of the molecule is COC1CC(C[C@@H](C)[C@@H]2CC(=O)C(C)/C=C(\C)[C@@H](O)C(OC)COC(C)C[C@H](C)/C=C/C=C/C=C(\C)[C@@H](OC)C[C@@H]3CCC(C)C(O)(O3)C(=O)C(=O)N3CCCCC3C(=O)O2)CC[C@H]1O. The monoisotopic (exact) mass is 916 g/mol. The highest BCUT2D eigenvalue weighted by Crippen LogP contribution is 2.37. The number of carbonyl (C=O) groups is 4. The lowest BCUT2D eigenvalue weighted by atomic mass is 9.78. The van der Waals surface area contributed by atoms with Crippen molar-refractivity contribution in [3.63, 3.8) is 0 Å². The second-order valence-corrected chi connectivity index (χ2v) is 19.5. The summed E-state index contributed by atoms with van der Waals surface area (Å²) in [7, 11) is 4.69. The van der Waals surface area contributed by atoms with Crippen LogP contribution in [0.4, 0.5) is 0 Å². The molecule has 1 aliphatic carbocycles. The number of rotatable bonds is 6. The third-order valence-corrected chi connectivity index (χ3v) is 14.4. The molecule has 3 heterocycles. The number of amides is 1. The molecule has 1 amide bonds. The van der Waals surface area contributed by atoms with E-state index in [-0.39, 0.29) is 67.8 Å². The van der Waals surface area contributed by atoms with Crippen molar-refractivity contribution in [2.75, 3.05) is 34.5 Å². The van der Waals surface area contributed by atoms with Gasteiger partial charge in [0.15, 0.2) is 0 Å². The molecule has 3 N–H and O–H groups in total. The van der Waals surface area contributed by atoms with Gasteiger partial charge in [-0.05, 0) is 114 Å². The number of allylic oxidation sites excluding steroid dienone is 6. The van der Waals surface area contributed by atoms with Crippen molar-refractivity contribution in [3.8, 4) is 0 Å². The van der Waals surface area contributed by atoms with Crippen LogP contribution in [0.3, 0.4) is 0 Å². The van der Waals surface area contributed by atoms with Crippen LogP contribution in [0.25, 0.3) is 0 Å². The Morgan fingerprint density at radius 2 is 1.57 bits per heavy atom. The van der Waals surface area contributed by atoms with E-state index in [1.807, 2.05) is 45.1 Å². The molecule has 0 aromatic carbocycles. The lowest BCUT2D eigenvalue weighted by molar-refractivity contribution is -0.265. The summed E-state index contributed by atoms with van der Waals surface area (Å²) >= 11 is 0. The van der Waals surface area contributed by atoms with Gasteiger partial charge in [-0.2, -0.15) is 0 Å². The fourth-order valence-electron chi connectivity index (χ4n) is 9.95. The van der Waals surface area contributed by atoms with E-state index in [0.717, 1.165) is 18.4 Å². The van der Waals surface area contributed by atoms with Gasteiger partial charge in [0.1, 0.15) is 30.1 Å². The largest absolute Gasteiger partial charge is 0.460 e. The number of ketones is 2. The number of cyclic esters (lactones) is 1. The molecule has 0 aromatic rings. The van der Waals surface area contributed by atoms with Crippen molar-refractivity contribution in [3.05, 3.63) is 47.6 Å². The highest BCUT2D eigenvalue weighted by molar-refractivity contribution is 6.39. The average molecular weight is 916 g/mol. The quantitative estimate of drug-likeness (QED) is 0.152. The number of fused-ring (bicyclic) bond motifs is 3. The number of esters is 1. The maximum Gasteiger partial charge on any atom is 0.329 e. The van der Waals surface area contributed by atoms with Crippen molar-refractivity contribution >= 4 is 23.4 Å². The molecule has 14 nitrogen and oxygen atoms in total. The predicted octanol–water partition coefficient (Wildman–Crippen LogP) is 6.38. The molecule has 65 heavy (non-hydrogen) atoms. The fraction of sp³-hybridized carbons (Fsp3) is 0.765. The van der Waals surface area contributed by atoms with Gasteiger partial charge in [0.25, 0.3) is 11.7 Å². The van der Waals surface area contributed by atoms with Gasteiger partial charge in [0.05, 0.1) is 37.1 Å². The van der Waals surface area contributed by atoms with Crippen LogP contribution in [0.5, 0.6) is 0 Å². The van der Waals surface area contributed by atoms with Crippen LogP contribution in [-0.2, 0) is 47.6 Å². The summed E-state index contributed by atoms with van der Waals surface area (Å²) in [5, 5.41) is 33.8. The van der Waals surface area contributed by atoms with Gasteiger partial charge < -0.3 is 48.6 Å². The van der Waals surface area contributed by atoms with E-state index in [9.17, 15) is 34.5 Å². The molecule has 14 heteroatoms. The molecule has 8 unspecified atom stereocenters. The number of hydrogen-bond donors (Lipinski definition) is 3. The molecule has 4 aliphatic rings. The van der Waals surface area contributed by atoms with Gasteiger partial charge in [0, 0.05) is 52.6 Å². The average Bonchev–Trinajstić information content (AvgIpc) is 3.28. The highest BCUT2D eigenvalue weighted by atomic mass is 16.6. The molecule has 2 bridgehead atoms. The lowest BCUT2D eigenvalue weighted by Crippen LogP contribution is -2.61. The second-order valence-electron chi connectivity index (χ2n) is 19.5. The first-order valence-corrected chi connectivity index (χ1v) is 24.1. The Morgan fingerprint density at radius 1 is 0.846 bits per heavy atom. The minimum absolute atomic E-state index is 0.105. The van der Waals surface area contributed by atoms with Gasteiger partial charge in [-0.1, -0.05) is 64.2 Å². The minimum atomic E-state index is -2.41. The number of ether oxygens (including phenoxy) is 6. The fourth-order valence-corrected chi connectivity index (χ4v) is 9.95. The summed E-state index contributed by atoms with van der Waals surface area (Å²) in [6.07, 6.45) is 12.8. The van der Waals surface area contributed by atoms with E-state index in [4.69, 9.17) is 28.4 Å². The summed E-state index contributed by atoms with van der Waals surface area (Å²) in [5.41, 5.74) is 1.45. The third kappa shape index (κ3) is 15.2. The molecule has 368 valence electrons. The number of piperidine rings is 1. The number of nitrogens with zero attached hydrogens (tertiary/aromatic N) is 1. The number of methoxy groups -OCH3 is 3. The molecule has 15 atom stereocenters. The Bertz CT molecular complexity index is 1690. The molecular formula is C51H81NO13. The Labute approximate surface area is 388 Å². The first-order chi connectivity index (χ1) is 30.8. The maximum atomic E-state index is 14.4. The van der Waals surface area contributed by atoms with Crippen molar-refractivity contribution in [2.24, 2.45) is 29.6 Å². The zero-order valence-electron chi connectivity index (χ0n) is 40.8. The summed E-state index contributed by atoms with van der Waals surface area (Å²) < 4.78 is 35.7. The van der Waals surface area contributed by atoms with Crippen LogP contribution in [0.1, 0.15) is 126 Å². The maximum absolute atomic E-state index is 14.4. The molecule has 1 saturated carbocycles. The summed E-state index contributed by atoms with van der Waals surface area (Å²) in [5.74, 6) is -6.81. The predicted molar refractivity (Wildman–Crippen MR) is 246 cm³/mol. The number of hydrogen-bond acceptors (Lipinski definition) is 13. The van der Waals surface area contributed by atoms with Gasteiger partial charge >= 0.3 is 5.97 Å². The molecule has 3 fully saturated rings. The summed E-state index contributed by atoms with van der Waals surface area (Å²) in [6.45, 7) is 13.4. The van der Waals surface area contributed by atoms with Gasteiger partial charge in [-0.15, -0.1) is 0 Å². The summed E-state index contributed by atoms with van der Waals surface area (Å²) in [4.78, 5) is 58.1. The minimum Gasteiger partial charge on any atom is -0.460 e. The van der Waals surface area contributed by atoms with E-state index in [1.165, 1.54) is 12.0 Å². The number of carbonyl (C=O) groups excluding carboxylic acids is 4. The molecule has 0 radical (unpaired) electrons. The standard InChI is InChI=1S/C51H81NO13/c1-31-16-12-11-13-17-32(2)43(60-8)28-39-21-19-36(6)51(59,65-39)48(56)49(57)52-23-15-14-18-40(52)50(58)64-44(34(4)26-38-20-22-41(53)45(27-38)61-9)29-42(54)33(3)25-35(5)47(55)46(62-10)30-63-37(7)24-31/h11-13,16-17,25,31,33-34,36-41,43-47,53,55,59H,14-15,18-24,26-30H2,1-10H3/b13-11+,16-12+,32-17+,35-25+/t31-,33?,34-,36?,37?,38?,39+,40?,41-,43+,44+,45?,46?,47-,51?/m1/s1. The Morgan fingerprint density at radius 3 is 2.26 bits per heavy atom. The Balaban J connectivity index is 1.67. The van der Waals surface area contributed by atoms with Crippen LogP contribution < -0.4 is 0 Å².